The average Bonchev–Trinajstić information content (AvgIpc) is 2.91. The van der Waals surface area contributed by atoms with Crippen molar-refractivity contribution in [2.45, 2.75) is 13.0 Å². The number of fused-ring (bicyclic) bond motifs is 1. The number of pyridine rings is 1. The maximum atomic E-state index is 6.17. The van der Waals surface area contributed by atoms with Gasteiger partial charge >= 0.3 is 0 Å². The van der Waals surface area contributed by atoms with Crippen molar-refractivity contribution in [1.29, 1.82) is 0 Å². The third kappa shape index (κ3) is 1.98. The normalized spacial score (nSPS) is 12.8. The standard InChI is InChI=1S/C13H12N4S/c1-8-2-3-9-6-10(4-5-11(9)15-8)13(14)12-7-18-17-16-12/h2-7,13H,14H2,1H3. The number of hydrogen-bond donors (Lipinski definition) is 1. The Labute approximate surface area is 109 Å². The van der Waals surface area contributed by atoms with E-state index in [9.17, 15) is 0 Å². The van der Waals surface area contributed by atoms with E-state index in [0.717, 1.165) is 27.9 Å². The molecule has 3 rings (SSSR count). The highest BCUT2D eigenvalue weighted by atomic mass is 32.1. The van der Waals surface area contributed by atoms with Gasteiger partial charge in [0.15, 0.2) is 0 Å². The Morgan fingerprint density at radius 1 is 1.22 bits per heavy atom. The Bertz CT molecular complexity index is 679. The molecule has 3 aromatic rings. The molecule has 18 heavy (non-hydrogen) atoms. The van der Waals surface area contributed by atoms with Gasteiger partial charge in [0.2, 0.25) is 0 Å². The summed E-state index contributed by atoms with van der Waals surface area (Å²) < 4.78 is 3.84. The molecule has 0 aliphatic rings. The van der Waals surface area contributed by atoms with Crippen LogP contribution in [-0.2, 0) is 0 Å². The number of rotatable bonds is 2. The van der Waals surface area contributed by atoms with Crippen molar-refractivity contribution in [3.8, 4) is 0 Å². The lowest BCUT2D eigenvalue weighted by molar-refractivity contribution is 0.819. The zero-order chi connectivity index (χ0) is 12.5. The van der Waals surface area contributed by atoms with E-state index < -0.39 is 0 Å². The molecule has 0 bridgehead atoms. The van der Waals surface area contributed by atoms with Gasteiger partial charge in [-0.25, -0.2) is 0 Å². The quantitative estimate of drug-likeness (QED) is 0.765. The molecule has 90 valence electrons. The molecule has 0 saturated heterocycles. The number of aryl methyl sites for hydroxylation is 1. The lowest BCUT2D eigenvalue weighted by Gasteiger charge is -2.09. The van der Waals surface area contributed by atoms with Crippen LogP contribution in [0, 0.1) is 6.92 Å². The van der Waals surface area contributed by atoms with Gasteiger partial charge in [0.1, 0.15) is 0 Å². The fourth-order valence-electron chi connectivity index (χ4n) is 1.92. The maximum Gasteiger partial charge on any atom is 0.0967 e. The van der Waals surface area contributed by atoms with Gasteiger partial charge < -0.3 is 5.73 Å². The summed E-state index contributed by atoms with van der Waals surface area (Å²) in [6.45, 7) is 1.99. The van der Waals surface area contributed by atoms with Gasteiger partial charge in [0.25, 0.3) is 0 Å². The summed E-state index contributed by atoms with van der Waals surface area (Å²) in [5.74, 6) is 0. The topological polar surface area (TPSA) is 64.7 Å². The van der Waals surface area contributed by atoms with Gasteiger partial charge in [-0.3, -0.25) is 4.98 Å². The van der Waals surface area contributed by atoms with E-state index in [2.05, 4.69) is 26.7 Å². The highest BCUT2D eigenvalue weighted by Crippen LogP contribution is 2.22. The van der Waals surface area contributed by atoms with Crippen molar-refractivity contribution in [2.75, 3.05) is 0 Å². The Morgan fingerprint density at radius 3 is 2.89 bits per heavy atom. The summed E-state index contributed by atoms with van der Waals surface area (Å²) in [6.07, 6.45) is 0. The van der Waals surface area contributed by atoms with E-state index in [-0.39, 0.29) is 6.04 Å². The molecule has 4 nitrogen and oxygen atoms in total. The summed E-state index contributed by atoms with van der Waals surface area (Å²) in [5.41, 5.74) is 10.0. The molecule has 1 aromatic carbocycles. The fraction of sp³-hybridized carbons (Fsp3) is 0.154. The van der Waals surface area contributed by atoms with Crippen LogP contribution in [-0.4, -0.2) is 14.6 Å². The monoisotopic (exact) mass is 256 g/mol. The van der Waals surface area contributed by atoms with E-state index in [4.69, 9.17) is 5.73 Å². The van der Waals surface area contributed by atoms with Gasteiger partial charge in [-0.1, -0.05) is 16.6 Å². The minimum atomic E-state index is -0.227. The SMILES string of the molecule is Cc1ccc2cc(C(N)c3csnn3)ccc2n1. The predicted molar refractivity (Wildman–Crippen MR) is 72.4 cm³/mol. The fourth-order valence-corrected chi connectivity index (χ4v) is 2.41. The van der Waals surface area contributed by atoms with Crippen molar-refractivity contribution < 1.29 is 0 Å². The van der Waals surface area contributed by atoms with Gasteiger partial charge in [-0.15, -0.1) is 5.10 Å². The maximum absolute atomic E-state index is 6.17. The number of hydrogen-bond acceptors (Lipinski definition) is 5. The van der Waals surface area contributed by atoms with Crippen molar-refractivity contribution in [3.05, 3.63) is 52.7 Å². The van der Waals surface area contributed by atoms with Gasteiger partial charge in [0.05, 0.1) is 17.3 Å². The lowest BCUT2D eigenvalue weighted by atomic mass is 10.0. The molecular formula is C13H12N4S. The molecule has 2 heterocycles. The molecule has 0 aliphatic carbocycles. The molecule has 2 N–H and O–H groups in total. The Kier molecular flexibility index (Phi) is 2.77. The minimum Gasteiger partial charge on any atom is -0.319 e. The molecule has 5 heteroatoms. The first-order valence-electron chi connectivity index (χ1n) is 5.64. The third-order valence-electron chi connectivity index (χ3n) is 2.91. The number of nitrogens with zero attached hydrogens (tertiary/aromatic N) is 3. The van der Waals surface area contributed by atoms with Crippen LogP contribution in [0.15, 0.2) is 35.7 Å². The zero-order valence-corrected chi connectivity index (χ0v) is 10.7. The molecule has 1 unspecified atom stereocenters. The van der Waals surface area contributed by atoms with Gasteiger partial charge in [-0.2, -0.15) is 0 Å². The van der Waals surface area contributed by atoms with Crippen LogP contribution in [0.5, 0.6) is 0 Å². The molecule has 0 saturated carbocycles. The second-order valence-corrected chi connectivity index (χ2v) is 4.82. The van der Waals surface area contributed by atoms with E-state index in [0.29, 0.717) is 0 Å². The zero-order valence-electron chi connectivity index (χ0n) is 9.87. The summed E-state index contributed by atoms with van der Waals surface area (Å²) in [6, 6.07) is 9.89. The molecule has 0 radical (unpaired) electrons. The first-order chi connectivity index (χ1) is 8.74. The number of aromatic nitrogens is 3. The Balaban J connectivity index is 2.06. The van der Waals surface area contributed by atoms with Crippen LogP contribution in [0.2, 0.25) is 0 Å². The largest absolute Gasteiger partial charge is 0.319 e. The number of nitrogens with two attached hydrogens (primary N) is 1. The lowest BCUT2D eigenvalue weighted by Crippen LogP contribution is -2.12. The highest BCUT2D eigenvalue weighted by molar-refractivity contribution is 7.03. The Morgan fingerprint density at radius 2 is 2.11 bits per heavy atom. The second kappa shape index (κ2) is 4.44. The van der Waals surface area contributed by atoms with Gasteiger partial charge in [-0.05, 0) is 42.2 Å². The summed E-state index contributed by atoms with van der Waals surface area (Å²) in [4.78, 5) is 4.47. The van der Waals surface area contributed by atoms with E-state index in [1.54, 1.807) is 0 Å². The van der Waals surface area contributed by atoms with Crippen molar-refractivity contribution >= 4 is 22.4 Å². The molecule has 0 spiro atoms. The molecule has 0 aliphatic heterocycles. The van der Waals surface area contributed by atoms with Crippen molar-refractivity contribution in [1.82, 2.24) is 14.6 Å². The first kappa shape index (κ1) is 11.3. The van der Waals surface area contributed by atoms with E-state index >= 15 is 0 Å². The van der Waals surface area contributed by atoms with Crippen LogP contribution in [0.25, 0.3) is 10.9 Å². The van der Waals surface area contributed by atoms with E-state index in [1.165, 1.54) is 11.5 Å². The molecule has 0 amide bonds. The minimum absolute atomic E-state index is 0.227. The van der Waals surface area contributed by atoms with E-state index in [1.807, 2.05) is 30.5 Å². The third-order valence-corrected chi connectivity index (χ3v) is 3.43. The summed E-state index contributed by atoms with van der Waals surface area (Å²) >= 11 is 1.31. The molecular weight excluding hydrogens is 244 g/mol. The summed E-state index contributed by atoms with van der Waals surface area (Å²) in [5, 5.41) is 6.99. The highest BCUT2D eigenvalue weighted by Gasteiger charge is 2.12. The molecule has 2 aromatic heterocycles. The van der Waals surface area contributed by atoms with Crippen molar-refractivity contribution in [2.24, 2.45) is 5.73 Å². The smallest absolute Gasteiger partial charge is 0.0967 e. The van der Waals surface area contributed by atoms with Crippen molar-refractivity contribution in [3.63, 3.8) is 0 Å². The average molecular weight is 256 g/mol. The van der Waals surface area contributed by atoms with Crippen LogP contribution in [0.3, 0.4) is 0 Å². The molecule has 1 atom stereocenters. The van der Waals surface area contributed by atoms with Gasteiger partial charge in [0, 0.05) is 16.5 Å². The van der Waals surface area contributed by atoms with Crippen LogP contribution in [0.4, 0.5) is 0 Å². The second-order valence-electron chi connectivity index (χ2n) is 4.21. The van der Waals surface area contributed by atoms with Crippen LogP contribution in [0.1, 0.15) is 23.0 Å². The first-order valence-corrected chi connectivity index (χ1v) is 6.47. The summed E-state index contributed by atoms with van der Waals surface area (Å²) in [7, 11) is 0. The van der Waals surface area contributed by atoms with Crippen LogP contribution < -0.4 is 5.73 Å². The van der Waals surface area contributed by atoms with Crippen LogP contribution >= 0.6 is 11.5 Å². The molecule has 0 fully saturated rings. The Hall–Kier alpha value is -1.85. The predicted octanol–water partition coefficient (Wildman–Crippen LogP) is 2.44. The number of benzene rings is 1.